The van der Waals surface area contributed by atoms with Crippen molar-refractivity contribution in [3.05, 3.63) is 41.6 Å². The Labute approximate surface area is 183 Å². The highest BCUT2D eigenvalue weighted by Crippen LogP contribution is 2.17. The number of nitrogens with zero attached hydrogens (tertiary/aromatic N) is 1. The molecular weight excluding hydrogens is 370 g/mol. The third kappa shape index (κ3) is 9.48. The average molecular weight is 410 g/mol. The number of nitrogens with one attached hydrogen (secondary N) is 2. The van der Waals surface area contributed by atoms with Gasteiger partial charge < -0.3 is 10.6 Å². The first kappa shape index (κ1) is 24.0. The SMILES string of the molecule is CCCCc1ccc(NC(=O)/C(C#N)=C\NC2CCCCCCCCCCC2)cc1. The van der Waals surface area contributed by atoms with Crippen LogP contribution in [-0.4, -0.2) is 11.9 Å². The topological polar surface area (TPSA) is 64.9 Å². The highest BCUT2D eigenvalue weighted by atomic mass is 16.1. The molecular formula is C26H39N3O. The number of carbonyl (C=O) groups is 1. The molecule has 1 saturated carbocycles. The van der Waals surface area contributed by atoms with Gasteiger partial charge in [-0.05, 0) is 43.4 Å². The first-order chi connectivity index (χ1) is 14.7. The summed E-state index contributed by atoms with van der Waals surface area (Å²) >= 11 is 0. The normalized spacial score (nSPS) is 17.3. The molecule has 30 heavy (non-hydrogen) atoms. The van der Waals surface area contributed by atoms with Crippen LogP contribution in [0.25, 0.3) is 0 Å². The van der Waals surface area contributed by atoms with Crippen LogP contribution in [0.5, 0.6) is 0 Å². The minimum atomic E-state index is -0.348. The van der Waals surface area contributed by atoms with Gasteiger partial charge in [-0.25, -0.2) is 0 Å². The van der Waals surface area contributed by atoms with Gasteiger partial charge in [0, 0.05) is 17.9 Å². The highest BCUT2D eigenvalue weighted by molar-refractivity contribution is 6.06. The fraction of sp³-hybridized carbons (Fsp3) is 0.615. The largest absolute Gasteiger partial charge is 0.387 e. The summed E-state index contributed by atoms with van der Waals surface area (Å²) < 4.78 is 0. The Hall–Kier alpha value is -2.28. The van der Waals surface area contributed by atoms with Crippen molar-refractivity contribution >= 4 is 11.6 Å². The number of carbonyl (C=O) groups excluding carboxylic acids is 1. The molecule has 1 aliphatic carbocycles. The zero-order chi connectivity index (χ0) is 21.4. The van der Waals surface area contributed by atoms with Crippen LogP contribution in [0.3, 0.4) is 0 Å². The zero-order valence-corrected chi connectivity index (χ0v) is 18.7. The second-order valence-electron chi connectivity index (χ2n) is 8.55. The Morgan fingerprint density at radius 3 is 2.10 bits per heavy atom. The summed E-state index contributed by atoms with van der Waals surface area (Å²) in [5.74, 6) is -0.348. The Morgan fingerprint density at radius 2 is 1.57 bits per heavy atom. The van der Waals surface area contributed by atoms with E-state index in [0.29, 0.717) is 6.04 Å². The minimum Gasteiger partial charge on any atom is -0.387 e. The standard InChI is InChI=1S/C26H39N3O/c1-2-3-13-22-16-18-25(19-17-22)29-26(30)23(20-27)21-28-24-14-11-9-7-5-4-6-8-10-12-15-24/h16-19,21,24,28H,2-15H2,1H3,(H,29,30)/b23-21-. The van der Waals surface area contributed by atoms with Crippen LogP contribution in [-0.2, 0) is 11.2 Å². The maximum Gasteiger partial charge on any atom is 0.267 e. The zero-order valence-electron chi connectivity index (χ0n) is 18.7. The van der Waals surface area contributed by atoms with E-state index in [0.717, 1.165) is 24.9 Å². The van der Waals surface area contributed by atoms with Gasteiger partial charge in [0.15, 0.2) is 0 Å². The predicted octanol–water partition coefficient (Wildman–Crippen LogP) is 6.64. The van der Waals surface area contributed by atoms with Gasteiger partial charge in [0.25, 0.3) is 5.91 Å². The quantitative estimate of drug-likeness (QED) is 0.392. The fourth-order valence-corrected chi connectivity index (χ4v) is 4.01. The molecule has 4 heteroatoms. The number of benzene rings is 1. The smallest absolute Gasteiger partial charge is 0.267 e. The lowest BCUT2D eigenvalue weighted by molar-refractivity contribution is -0.112. The average Bonchev–Trinajstić information content (AvgIpc) is 2.75. The number of rotatable bonds is 7. The second-order valence-corrected chi connectivity index (χ2v) is 8.55. The molecule has 0 aromatic heterocycles. The van der Waals surface area contributed by atoms with Crippen molar-refractivity contribution in [2.75, 3.05) is 5.32 Å². The maximum atomic E-state index is 12.5. The summed E-state index contributed by atoms with van der Waals surface area (Å²) in [4.78, 5) is 12.5. The van der Waals surface area contributed by atoms with E-state index in [1.807, 2.05) is 24.3 Å². The van der Waals surface area contributed by atoms with Gasteiger partial charge in [-0.2, -0.15) is 5.26 Å². The molecule has 0 aliphatic heterocycles. The summed E-state index contributed by atoms with van der Waals surface area (Å²) in [6.45, 7) is 2.18. The van der Waals surface area contributed by atoms with Gasteiger partial charge in [-0.15, -0.1) is 0 Å². The Bertz CT molecular complexity index is 675. The molecule has 4 nitrogen and oxygen atoms in total. The molecule has 164 valence electrons. The molecule has 1 aromatic carbocycles. The van der Waals surface area contributed by atoms with E-state index in [2.05, 4.69) is 23.6 Å². The maximum absolute atomic E-state index is 12.5. The van der Waals surface area contributed by atoms with Crippen molar-refractivity contribution in [3.8, 4) is 6.07 Å². The Kier molecular flexibility index (Phi) is 11.7. The van der Waals surface area contributed by atoms with Crippen molar-refractivity contribution in [2.45, 2.75) is 103 Å². The minimum absolute atomic E-state index is 0.135. The van der Waals surface area contributed by atoms with Crippen molar-refractivity contribution in [1.82, 2.24) is 5.32 Å². The number of nitriles is 1. The number of amides is 1. The van der Waals surface area contributed by atoms with Gasteiger partial charge >= 0.3 is 0 Å². The Balaban J connectivity index is 1.88. The summed E-state index contributed by atoms with van der Waals surface area (Å²) in [6, 6.07) is 10.3. The molecule has 0 radical (unpaired) electrons. The van der Waals surface area contributed by atoms with E-state index >= 15 is 0 Å². The molecule has 1 fully saturated rings. The highest BCUT2D eigenvalue weighted by Gasteiger charge is 2.12. The molecule has 0 spiro atoms. The molecule has 1 aliphatic rings. The van der Waals surface area contributed by atoms with Crippen molar-refractivity contribution < 1.29 is 4.79 Å². The monoisotopic (exact) mass is 409 g/mol. The van der Waals surface area contributed by atoms with Crippen LogP contribution in [0.15, 0.2) is 36.0 Å². The van der Waals surface area contributed by atoms with Crippen LogP contribution in [0.1, 0.15) is 96.0 Å². The van der Waals surface area contributed by atoms with Crippen molar-refractivity contribution in [2.24, 2.45) is 0 Å². The fourth-order valence-electron chi connectivity index (χ4n) is 4.01. The lowest BCUT2D eigenvalue weighted by Crippen LogP contribution is -2.26. The molecule has 2 N–H and O–H groups in total. The van der Waals surface area contributed by atoms with Gasteiger partial charge in [0.1, 0.15) is 11.6 Å². The molecule has 1 aromatic rings. The molecule has 1 amide bonds. The van der Waals surface area contributed by atoms with Gasteiger partial charge in [0.2, 0.25) is 0 Å². The van der Waals surface area contributed by atoms with E-state index in [-0.39, 0.29) is 11.5 Å². The van der Waals surface area contributed by atoms with Gasteiger partial charge in [0.05, 0.1) is 0 Å². The lowest BCUT2D eigenvalue weighted by Gasteiger charge is -2.18. The molecule has 2 rings (SSSR count). The third-order valence-electron chi connectivity index (χ3n) is 5.96. The van der Waals surface area contributed by atoms with Gasteiger partial charge in [-0.3, -0.25) is 4.79 Å². The number of unbranched alkanes of at least 4 members (excludes halogenated alkanes) is 1. The van der Waals surface area contributed by atoms with Crippen LogP contribution >= 0.6 is 0 Å². The molecule has 0 heterocycles. The lowest BCUT2D eigenvalue weighted by atomic mass is 9.98. The molecule has 0 saturated heterocycles. The van der Waals surface area contributed by atoms with E-state index in [1.54, 1.807) is 6.20 Å². The third-order valence-corrected chi connectivity index (χ3v) is 5.96. The van der Waals surface area contributed by atoms with Crippen LogP contribution in [0, 0.1) is 11.3 Å². The summed E-state index contributed by atoms with van der Waals surface area (Å²) in [6.07, 6.45) is 19.0. The van der Waals surface area contributed by atoms with Crippen LogP contribution in [0.2, 0.25) is 0 Å². The van der Waals surface area contributed by atoms with Crippen molar-refractivity contribution in [1.29, 1.82) is 5.26 Å². The predicted molar refractivity (Wildman–Crippen MR) is 125 cm³/mol. The van der Waals surface area contributed by atoms with Gasteiger partial charge in [-0.1, -0.05) is 83.3 Å². The first-order valence-electron chi connectivity index (χ1n) is 12.0. The molecule has 0 unspecified atom stereocenters. The number of aryl methyl sites for hydroxylation is 1. The van der Waals surface area contributed by atoms with Crippen LogP contribution in [0.4, 0.5) is 5.69 Å². The van der Waals surface area contributed by atoms with E-state index < -0.39 is 0 Å². The second kappa shape index (κ2) is 14.7. The molecule has 0 atom stereocenters. The summed E-state index contributed by atoms with van der Waals surface area (Å²) in [5, 5.41) is 15.7. The number of anilines is 1. The number of hydrogen-bond acceptors (Lipinski definition) is 3. The molecule has 0 bridgehead atoms. The summed E-state index contributed by atoms with van der Waals surface area (Å²) in [5.41, 5.74) is 2.14. The van der Waals surface area contributed by atoms with E-state index in [9.17, 15) is 10.1 Å². The number of hydrogen-bond donors (Lipinski definition) is 2. The van der Waals surface area contributed by atoms with E-state index in [4.69, 9.17) is 0 Å². The van der Waals surface area contributed by atoms with Crippen LogP contribution < -0.4 is 10.6 Å². The Morgan fingerprint density at radius 1 is 1.00 bits per heavy atom. The summed E-state index contributed by atoms with van der Waals surface area (Å²) in [7, 11) is 0. The van der Waals surface area contributed by atoms with E-state index in [1.165, 1.54) is 76.2 Å². The first-order valence-corrected chi connectivity index (χ1v) is 12.0. The van der Waals surface area contributed by atoms with Crippen molar-refractivity contribution in [3.63, 3.8) is 0 Å².